The van der Waals surface area contributed by atoms with E-state index in [-0.39, 0.29) is 24.2 Å². The minimum absolute atomic E-state index is 0.0264. The minimum atomic E-state index is -0.0521. The Bertz CT molecular complexity index is 539. The van der Waals surface area contributed by atoms with Gasteiger partial charge in [-0.3, -0.25) is 4.79 Å². The van der Waals surface area contributed by atoms with Crippen molar-refractivity contribution < 1.29 is 14.3 Å². The van der Waals surface area contributed by atoms with Crippen LogP contribution in [0.2, 0.25) is 0 Å². The molecule has 6 nitrogen and oxygen atoms in total. The molecule has 2 rings (SSSR count). The van der Waals surface area contributed by atoms with Crippen LogP contribution in [0.3, 0.4) is 0 Å². The van der Waals surface area contributed by atoms with Crippen molar-refractivity contribution in [1.82, 2.24) is 14.9 Å². The number of carbonyl (C=O) groups is 2. The summed E-state index contributed by atoms with van der Waals surface area (Å²) in [7, 11) is 0. The summed E-state index contributed by atoms with van der Waals surface area (Å²) in [6.07, 6.45) is 2.35. The normalized spacial score (nSPS) is 18.1. The zero-order chi connectivity index (χ0) is 16.1. The molecule has 1 unspecified atom stereocenters. The number of aryl methyl sites for hydroxylation is 2. The van der Waals surface area contributed by atoms with E-state index in [9.17, 15) is 9.59 Å². The molecule has 1 atom stereocenters. The van der Waals surface area contributed by atoms with Gasteiger partial charge >= 0.3 is 0 Å². The maximum absolute atomic E-state index is 12.1. The summed E-state index contributed by atoms with van der Waals surface area (Å²) >= 11 is 0. The van der Waals surface area contributed by atoms with Gasteiger partial charge in [-0.25, -0.2) is 4.98 Å². The first kappa shape index (κ1) is 16.4. The number of ether oxygens (including phenoxy) is 1. The Balaban J connectivity index is 1.92. The number of ketones is 1. The Morgan fingerprint density at radius 1 is 1.32 bits per heavy atom. The van der Waals surface area contributed by atoms with Crippen LogP contribution in [0.5, 0.6) is 5.88 Å². The van der Waals surface area contributed by atoms with Crippen molar-refractivity contribution >= 4 is 11.7 Å². The van der Waals surface area contributed by atoms with E-state index in [1.807, 2.05) is 19.9 Å². The predicted octanol–water partition coefficient (Wildman–Crippen LogP) is 1.83. The molecule has 22 heavy (non-hydrogen) atoms. The van der Waals surface area contributed by atoms with Crippen LogP contribution >= 0.6 is 0 Å². The number of aromatic nitrogens is 2. The summed E-state index contributed by atoms with van der Waals surface area (Å²) in [6, 6.07) is 1.81. The number of Topliss-reactive ketones (excluding diaryl/α,β-unsaturated/α-hetero) is 1. The summed E-state index contributed by atoms with van der Waals surface area (Å²) in [5.41, 5.74) is 0.868. The average molecular weight is 305 g/mol. The molecule has 0 radical (unpaired) electrons. The highest BCUT2D eigenvalue weighted by Crippen LogP contribution is 2.18. The first-order valence-electron chi connectivity index (χ1n) is 7.70. The topological polar surface area (TPSA) is 72.4 Å². The zero-order valence-electron chi connectivity index (χ0n) is 13.5. The van der Waals surface area contributed by atoms with Gasteiger partial charge in [-0.1, -0.05) is 0 Å². The Labute approximate surface area is 130 Å². The monoisotopic (exact) mass is 305 g/mol. The highest BCUT2D eigenvalue weighted by Gasteiger charge is 2.25. The van der Waals surface area contributed by atoms with E-state index in [2.05, 4.69) is 9.97 Å². The van der Waals surface area contributed by atoms with E-state index in [0.717, 1.165) is 25.1 Å². The molecule has 1 aliphatic heterocycles. The largest absolute Gasteiger partial charge is 0.472 e. The first-order valence-corrected chi connectivity index (χ1v) is 7.70. The molecule has 1 amide bonds. The van der Waals surface area contributed by atoms with Gasteiger partial charge in [0.25, 0.3) is 0 Å². The molecule has 1 fully saturated rings. The number of rotatable bonds is 5. The van der Waals surface area contributed by atoms with E-state index in [0.29, 0.717) is 24.7 Å². The van der Waals surface area contributed by atoms with Crippen molar-refractivity contribution in [2.75, 3.05) is 13.1 Å². The molecule has 0 spiro atoms. The highest BCUT2D eigenvalue weighted by molar-refractivity contribution is 5.83. The summed E-state index contributed by atoms with van der Waals surface area (Å²) in [5, 5.41) is 0. The average Bonchev–Trinajstić information content (AvgIpc) is 2.44. The van der Waals surface area contributed by atoms with E-state index in [1.54, 1.807) is 4.90 Å². The van der Waals surface area contributed by atoms with Crippen LogP contribution in [-0.4, -0.2) is 45.8 Å². The third-order valence-corrected chi connectivity index (χ3v) is 3.65. The lowest BCUT2D eigenvalue weighted by Crippen LogP contribution is -2.44. The summed E-state index contributed by atoms with van der Waals surface area (Å²) < 4.78 is 5.91. The summed E-state index contributed by atoms with van der Waals surface area (Å²) in [6.45, 7) is 6.53. The van der Waals surface area contributed by atoms with Gasteiger partial charge in [0.2, 0.25) is 11.8 Å². The van der Waals surface area contributed by atoms with Gasteiger partial charge in [0.05, 0.1) is 6.54 Å². The molecule has 0 N–H and O–H groups in total. The fourth-order valence-electron chi connectivity index (χ4n) is 2.62. The standard InChI is InChI=1S/C16H23N3O3/c1-11-9-15(18-13(3)17-11)22-14-5-4-8-19(10-14)16(21)7-6-12(2)20/h9,14H,4-8,10H2,1-3H3. The van der Waals surface area contributed by atoms with E-state index < -0.39 is 0 Å². The number of amides is 1. The van der Waals surface area contributed by atoms with E-state index in [4.69, 9.17) is 4.74 Å². The maximum atomic E-state index is 12.1. The van der Waals surface area contributed by atoms with E-state index in [1.165, 1.54) is 6.92 Å². The molecule has 0 aromatic carbocycles. The lowest BCUT2D eigenvalue weighted by Gasteiger charge is -2.32. The Morgan fingerprint density at radius 3 is 2.77 bits per heavy atom. The SMILES string of the molecule is CC(=O)CCC(=O)N1CCCC(Oc2cc(C)nc(C)n2)C1. The van der Waals surface area contributed by atoms with Gasteiger partial charge in [0, 0.05) is 31.1 Å². The molecule has 0 saturated carbocycles. The minimum Gasteiger partial charge on any atom is -0.472 e. The fraction of sp³-hybridized carbons (Fsp3) is 0.625. The van der Waals surface area contributed by atoms with Crippen molar-refractivity contribution in [3.05, 3.63) is 17.6 Å². The van der Waals surface area contributed by atoms with Crippen molar-refractivity contribution in [2.45, 2.75) is 52.6 Å². The van der Waals surface area contributed by atoms with Gasteiger partial charge in [-0.2, -0.15) is 4.98 Å². The summed E-state index contributed by atoms with van der Waals surface area (Å²) in [5.74, 6) is 1.32. The van der Waals surface area contributed by atoms with Crippen LogP contribution in [0, 0.1) is 13.8 Å². The van der Waals surface area contributed by atoms with Crippen molar-refractivity contribution in [1.29, 1.82) is 0 Å². The van der Waals surface area contributed by atoms with Crippen LogP contribution in [0.1, 0.15) is 44.1 Å². The highest BCUT2D eigenvalue weighted by atomic mass is 16.5. The second-order valence-corrected chi connectivity index (χ2v) is 5.82. The molecular formula is C16H23N3O3. The van der Waals surface area contributed by atoms with Crippen LogP contribution in [0.15, 0.2) is 6.07 Å². The Kier molecular flexibility index (Phi) is 5.46. The van der Waals surface area contributed by atoms with Crippen molar-refractivity contribution in [2.24, 2.45) is 0 Å². The third-order valence-electron chi connectivity index (χ3n) is 3.65. The van der Waals surface area contributed by atoms with Gasteiger partial charge in [0.1, 0.15) is 17.7 Å². The lowest BCUT2D eigenvalue weighted by molar-refractivity contribution is -0.135. The Morgan fingerprint density at radius 2 is 2.09 bits per heavy atom. The second-order valence-electron chi connectivity index (χ2n) is 5.82. The third kappa shape index (κ3) is 4.79. The Hall–Kier alpha value is -1.98. The molecule has 0 bridgehead atoms. The molecule has 1 aliphatic rings. The fourth-order valence-corrected chi connectivity index (χ4v) is 2.62. The number of carbonyl (C=O) groups excluding carboxylic acids is 2. The number of likely N-dealkylation sites (tertiary alicyclic amines) is 1. The van der Waals surface area contributed by atoms with Crippen LogP contribution in [-0.2, 0) is 9.59 Å². The molecule has 120 valence electrons. The number of nitrogens with zero attached hydrogens (tertiary/aromatic N) is 3. The zero-order valence-corrected chi connectivity index (χ0v) is 13.5. The molecule has 2 heterocycles. The molecular weight excluding hydrogens is 282 g/mol. The number of hydrogen-bond acceptors (Lipinski definition) is 5. The molecule has 1 aromatic rings. The second kappa shape index (κ2) is 7.33. The summed E-state index contributed by atoms with van der Waals surface area (Å²) in [4.78, 5) is 33.4. The molecule has 1 saturated heterocycles. The van der Waals surface area contributed by atoms with Gasteiger partial charge in [-0.05, 0) is 33.6 Å². The predicted molar refractivity (Wildman–Crippen MR) is 81.7 cm³/mol. The molecule has 1 aromatic heterocycles. The smallest absolute Gasteiger partial charge is 0.223 e. The quantitative estimate of drug-likeness (QED) is 0.830. The van der Waals surface area contributed by atoms with Crippen LogP contribution in [0.25, 0.3) is 0 Å². The van der Waals surface area contributed by atoms with Gasteiger partial charge in [0.15, 0.2) is 0 Å². The van der Waals surface area contributed by atoms with Gasteiger partial charge < -0.3 is 14.4 Å². The maximum Gasteiger partial charge on any atom is 0.223 e. The number of piperidine rings is 1. The first-order chi connectivity index (χ1) is 10.4. The lowest BCUT2D eigenvalue weighted by atomic mass is 10.1. The number of hydrogen-bond donors (Lipinski definition) is 0. The van der Waals surface area contributed by atoms with Crippen molar-refractivity contribution in [3.8, 4) is 5.88 Å². The molecule has 0 aliphatic carbocycles. The van der Waals surface area contributed by atoms with Crippen LogP contribution in [0.4, 0.5) is 0 Å². The van der Waals surface area contributed by atoms with Crippen molar-refractivity contribution in [3.63, 3.8) is 0 Å². The van der Waals surface area contributed by atoms with Gasteiger partial charge in [-0.15, -0.1) is 0 Å². The van der Waals surface area contributed by atoms with Crippen LogP contribution < -0.4 is 4.74 Å². The molecule has 6 heteroatoms. The van der Waals surface area contributed by atoms with E-state index >= 15 is 0 Å².